The Morgan fingerprint density at radius 2 is 1.93 bits per heavy atom. The first-order valence-corrected chi connectivity index (χ1v) is 11.0. The highest BCUT2D eigenvalue weighted by Crippen LogP contribution is 2.40. The van der Waals surface area contributed by atoms with E-state index in [-0.39, 0.29) is 0 Å². The van der Waals surface area contributed by atoms with Gasteiger partial charge < -0.3 is 20.1 Å². The first-order chi connectivity index (χ1) is 14.2. The average Bonchev–Trinajstić information content (AvgIpc) is 3.22. The van der Waals surface area contributed by atoms with Crippen LogP contribution in [0.3, 0.4) is 0 Å². The Morgan fingerprint density at radius 1 is 1.17 bits per heavy atom. The molecule has 1 heterocycles. The molecule has 1 aliphatic carbocycles. The summed E-state index contributed by atoms with van der Waals surface area (Å²) in [4.78, 5) is 6.89. The molecular weight excluding hydrogens is 364 g/mol. The maximum Gasteiger partial charge on any atom is 0.191 e. The van der Waals surface area contributed by atoms with E-state index in [1.807, 2.05) is 7.05 Å². The second-order valence-electron chi connectivity index (χ2n) is 8.44. The van der Waals surface area contributed by atoms with Gasteiger partial charge in [0, 0.05) is 53.5 Å². The van der Waals surface area contributed by atoms with E-state index in [0.29, 0.717) is 5.41 Å². The quantitative estimate of drug-likeness (QED) is 0.491. The third-order valence-electron chi connectivity index (χ3n) is 6.32. The van der Waals surface area contributed by atoms with Gasteiger partial charge in [-0.25, -0.2) is 0 Å². The Bertz CT molecular complexity index is 638. The molecule has 29 heavy (non-hydrogen) atoms. The summed E-state index contributed by atoms with van der Waals surface area (Å²) in [5.41, 5.74) is 3.00. The summed E-state index contributed by atoms with van der Waals surface area (Å²) in [5.74, 6) is 0.882. The van der Waals surface area contributed by atoms with Crippen molar-refractivity contribution in [3.05, 3.63) is 35.4 Å². The fraction of sp³-hybridized carbons (Fsp3) is 0.696. The van der Waals surface area contributed by atoms with Crippen molar-refractivity contribution in [3.8, 4) is 0 Å². The molecule has 0 aromatic heterocycles. The summed E-state index contributed by atoms with van der Waals surface area (Å²) < 4.78 is 10.8. The van der Waals surface area contributed by atoms with Crippen LogP contribution in [0, 0.1) is 5.41 Å². The summed E-state index contributed by atoms with van der Waals surface area (Å²) in [6, 6.07) is 8.85. The smallest absolute Gasteiger partial charge is 0.191 e. The van der Waals surface area contributed by atoms with E-state index >= 15 is 0 Å². The van der Waals surface area contributed by atoms with E-state index in [0.717, 1.165) is 64.9 Å². The fourth-order valence-electron chi connectivity index (χ4n) is 4.49. The number of methoxy groups -OCH3 is 1. The van der Waals surface area contributed by atoms with Crippen molar-refractivity contribution in [1.82, 2.24) is 15.5 Å². The van der Waals surface area contributed by atoms with Gasteiger partial charge in [-0.1, -0.05) is 37.1 Å². The van der Waals surface area contributed by atoms with Gasteiger partial charge in [0.25, 0.3) is 0 Å². The number of guanidine groups is 1. The minimum absolute atomic E-state index is 0.353. The highest BCUT2D eigenvalue weighted by molar-refractivity contribution is 5.79. The molecule has 0 bridgehead atoms. The molecule has 1 saturated heterocycles. The van der Waals surface area contributed by atoms with Crippen LogP contribution in [-0.2, 0) is 22.6 Å². The van der Waals surface area contributed by atoms with Crippen molar-refractivity contribution in [2.24, 2.45) is 10.4 Å². The first-order valence-electron chi connectivity index (χ1n) is 11.0. The van der Waals surface area contributed by atoms with Crippen molar-refractivity contribution in [1.29, 1.82) is 0 Å². The molecule has 2 fully saturated rings. The number of aliphatic imine (C=N–C) groups is 1. The number of nitrogens with one attached hydrogen (secondary N) is 2. The maximum atomic E-state index is 5.45. The van der Waals surface area contributed by atoms with Crippen LogP contribution in [0.15, 0.2) is 29.3 Å². The van der Waals surface area contributed by atoms with Crippen molar-refractivity contribution < 1.29 is 9.47 Å². The van der Waals surface area contributed by atoms with Gasteiger partial charge in [0.05, 0.1) is 13.2 Å². The van der Waals surface area contributed by atoms with Crippen LogP contribution in [0.4, 0.5) is 0 Å². The summed E-state index contributed by atoms with van der Waals surface area (Å²) in [7, 11) is 3.64. The zero-order valence-corrected chi connectivity index (χ0v) is 18.2. The maximum absolute atomic E-state index is 5.45. The highest BCUT2D eigenvalue weighted by atomic mass is 16.5. The zero-order valence-electron chi connectivity index (χ0n) is 18.2. The number of nitrogens with zero attached hydrogens (tertiary/aromatic N) is 2. The van der Waals surface area contributed by atoms with E-state index in [1.165, 1.54) is 36.8 Å². The fourth-order valence-corrected chi connectivity index (χ4v) is 4.49. The highest BCUT2D eigenvalue weighted by Gasteiger charge is 2.33. The number of ether oxygens (including phenoxy) is 2. The molecule has 0 amide bonds. The molecule has 2 aliphatic rings. The van der Waals surface area contributed by atoms with Crippen molar-refractivity contribution in [2.75, 3.05) is 53.6 Å². The minimum atomic E-state index is 0.353. The van der Waals surface area contributed by atoms with Crippen LogP contribution in [-0.4, -0.2) is 64.5 Å². The molecule has 0 radical (unpaired) electrons. The van der Waals surface area contributed by atoms with Crippen molar-refractivity contribution in [2.45, 2.75) is 45.2 Å². The van der Waals surface area contributed by atoms with E-state index in [2.05, 4.69) is 44.8 Å². The SMILES string of the molecule is CN=C(NCc1cccc(CN2CCOCC2)c1)NCC1(CCOC)CCCC1. The molecule has 2 N–H and O–H groups in total. The number of rotatable bonds is 9. The normalized spacial score (nSPS) is 20.0. The lowest BCUT2D eigenvalue weighted by Crippen LogP contribution is -2.43. The molecule has 162 valence electrons. The lowest BCUT2D eigenvalue weighted by atomic mass is 9.83. The Labute approximate surface area is 176 Å². The predicted octanol–water partition coefficient (Wildman–Crippen LogP) is 2.78. The van der Waals surface area contributed by atoms with Gasteiger partial charge in [0.1, 0.15) is 0 Å². The Morgan fingerprint density at radius 3 is 2.66 bits per heavy atom. The van der Waals surface area contributed by atoms with E-state index in [4.69, 9.17) is 9.47 Å². The zero-order chi connectivity index (χ0) is 20.4. The topological polar surface area (TPSA) is 58.1 Å². The number of morpholine rings is 1. The van der Waals surface area contributed by atoms with Gasteiger partial charge in [-0.2, -0.15) is 0 Å². The van der Waals surface area contributed by atoms with Crippen LogP contribution in [0.25, 0.3) is 0 Å². The van der Waals surface area contributed by atoms with Crippen LogP contribution >= 0.6 is 0 Å². The van der Waals surface area contributed by atoms with Gasteiger partial charge in [-0.15, -0.1) is 0 Å². The molecule has 1 aromatic carbocycles. The molecule has 0 spiro atoms. The second kappa shape index (κ2) is 11.5. The van der Waals surface area contributed by atoms with Crippen LogP contribution < -0.4 is 10.6 Å². The predicted molar refractivity (Wildman–Crippen MR) is 118 cm³/mol. The lowest BCUT2D eigenvalue weighted by Gasteiger charge is -2.30. The van der Waals surface area contributed by atoms with E-state index < -0.39 is 0 Å². The molecular formula is C23H38N4O2. The molecule has 1 aliphatic heterocycles. The van der Waals surface area contributed by atoms with Gasteiger partial charge in [-0.05, 0) is 35.8 Å². The summed E-state index contributed by atoms with van der Waals surface area (Å²) in [5, 5.41) is 7.06. The Balaban J connectivity index is 1.48. The van der Waals surface area contributed by atoms with Gasteiger partial charge >= 0.3 is 0 Å². The molecule has 6 nitrogen and oxygen atoms in total. The molecule has 1 saturated carbocycles. The van der Waals surface area contributed by atoms with Gasteiger partial charge in [0.2, 0.25) is 0 Å². The molecule has 3 rings (SSSR count). The average molecular weight is 403 g/mol. The van der Waals surface area contributed by atoms with Crippen LogP contribution in [0.5, 0.6) is 0 Å². The van der Waals surface area contributed by atoms with E-state index in [1.54, 1.807) is 7.11 Å². The third-order valence-corrected chi connectivity index (χ3v) is 6.32. The summed E-state index contributed by atoms with van der Waals surface area (Å²) in [6.45, 7) is 7.29. The lowest BCUT2D eigenvalue weighted by molar-refractivity contribution is 0.0342. The monoisotopic (exact) mass is 402 g/mol. The second-order valence-corrected chi connectivity index (χ2v) is 8.44. The van der Waals surface area contributed by atoms with Crippen molar-refractivity contribution in [3.63, 3.8) is 0 Å². The largest absolute Gasteiger partial charge is 0.385 e. The Hall–Kier alpha value is -1.63. The van der Waals surface area contributed by atoms with Crippen LogP contribution in [0.1, 0.15) is 43.2 Å². The third kappa shape index (κ3) is 6.98. The molecule has 1 aromatic rings. The van der Waals surface area contributed by atoms with Crippen molar-refractivity contribution >= 4 is 5.96 Å². The van der Waals surface area contributed by atoms with E-state index in [9.17, 15) is 0 Å². The minimum Gasteiger partial charge on any atom is -0.385 e. The Kier molecular flexibility index (Phi) is 8.77. The molecule has 0 unspecified atom stereocenters. The number of benzene rings is 1. The summed E-state index contributed by atoms with van der Waals surface area (Å²) in [6.07, 6.45) is 6.34. The molecule has 6 heteroatoms. The summed E-state index contributed by atoms with van der Waals surface area (Å²) >= 11 is 0. The number of hydrogen-bond donors (Lipinski definition) is 2. The molecule has 0 atom stereocenters. The van der Waals surface area contributed by atoms with Gasteiger partial charge in [0.15, 0.2) is 5.96 Å². The first kappa shape index (κ1) is 22.1. The van der Waals surface area contributed by atoms with Crippen LogP contribution in [0.2, 0.25) is 0 Å². The van der Waals surface area contributed by atoms with Gasteiger partial charge in [-0.3, -0.25) is 9.89 Å². The standard InChI is InChI=1S/C23H38N4O2/c1-24-22(26-19-23(10-13-28-2)8-3-4-9-23)25-17-20-6-5-7-21(16-20)18-27-11-14-29-15-12-27/h5-7,16H,3-4,8-15,17-19H2,1-2H3,(H2,24,25,26). The number of hydrogen-bond acceptors (Lipinski definition) is 4.